The molecule has 0 aliphatic heterocycles. The van der Waals surface area contributed by atoms with E-state index < -0.39 is 0 Å². The van der Waals surface area contributed by atoms with Crippen LogP contribution in [-0.2, 0) is 11.4 Å². The van der Waals surface area contributed by atoms with Crippen LogP contribution in [0.4, 0.5) is 0 Å². The molecule has 0 heterocycles. The molecule has 0 saturated heterocycles. The van der Waals surface area contributed by atoms with Crippen LogP contribution in [0.1, 0.15) is 31.0 Å². The summed E-state index contributed by atoms with van der Waals surface area (Å²) in [5.74, 6) is 0. The van der Waals surface area contributed by atoms with Crippen molar-refractivity contribution in [3.8, 4) is 0 Å². The van der Waals surface area contributed by atoms with E-state index in [2.05, 4.69) is 34.3 Å². The number of rotatable bonds is 7. The number of aliphatic hydroxyl groups excluding tert-OH is 1. The van der Waals surface area contributed by atoms with E-state index in [9.17, 15) is 5.11 Å². The molecule has 0 spiro atoms. The molecule has 3 aromatic rings. The Morgan fingerprint density at radius 3 is 2.36 bits per heavy atom. The van der Waals surface area contributed by atoms with Crippen molar-refractivity contribution in [2.24, 2.45) is 5.16 Å². The SMILES string of the molecule is C.CC(CN(C)C)O/N=C(/c1ccc(CO)cc1)c1cccc2ccccc12. The average molecular weight is 379 g/mol. The third-order valence-corrected chi connectivity index (χ3v) is 4.40. The molecule has 0 bridgehead atoms. The lowest BCUT2D eigenvalue weighted by Gasteiger charge is -2.17. The standard InChI is InChI=1S/C23H26N2O2.CH4/c1-17(15-25(2)3)27-24-23(20-13-11-18(16-26)12-14-20)22-10-6-8-19-7-4-5-9-21(19)22;/h4-14,17,26H,15-16H2,1-3H3;1H4/b24-23-;. The highest BCUT2D eigenvalue weighted by Crippen LogP contribution is 2.23. The molecule has 1 unspecified atom stereocenters. The molecule has 0 aliphatic rings. The molecule has 0 saturated carbocycles. The maximum Gasteiger partial charge on any atom is 0.137 e. The largest absolute Gasteiger partial charge is 0.392 e. The van der Waals surface area contributed by atoms with Gasteiger partial charge in [-0.25, -0.2) is 0 Å². The number of nitrogens with zero attached hydrogens (tertiary/aromatic N) is 2. The summed E-state index contributed by atoms with van der Waals surface area (Å²) in [6, 6.07) is 22.3. The van der Waals surface area contributed by atoms with Gasteiger partial charge in [0.1, 0.15) is 11.8 Å². The molecule has 0 aliphatic carbocycles. The van der Waals surface area contributed by atoms with Gasteiger partial charge in [-0.15, -0.1) is 0 Å². The fourth-order valence-electron chi connectivity index (χ4n) is 3.15. The summed E-state index contributed by atoms with van der Waals surface area (Å²) >= 11 is 0. The van der Waals surface area contributed by atoms with Crippen molar-refractivity contribution >= 4 is 16.5 Å². The highest BCUT2D eigenvalue weighted by atomic mass is 16.6. The first kappa shape index (κ1) is 21.6. The Hall–Kier alpha value is -2.69. The molecule has 148 valence electrons. The van der Waals surface area contributed by atoms with Gasteiger partial charge in [0.15, 0.2) is 0 Å². The van der Waals surface area contributed by atoms with E-state index in [0.717, 1.165) is 39.7 Å². The minimum absolute atomic E-state index is 0. The second-order valence-corrected chi connectivity index (χ2v) is 7.00. The zero-order valence-electron chi connectivity index (χ0n) is 16.1. The maximum absolute atomic E-state index is 9.33. The summed E-state index contributed by atoms with van der Waals surface area (Å²) in [5, 5.41) is 16.2. The number of benzene rings is 3. The molecular weight excluding hydrogens is 348 g/mol. The quantitative estimate of drug-likeness (QED) is 0.479. The van der Waals surface area contributed by atoms with Gasteiger partial charge >= 0.3 is 0 Å². The summed E-state index contributed by atoms with van der Waals surface area (Å²) in [7, 11) is 4.03. The fraction of sp³-hybridized carbons (Fsp3) is 0.292. The number of fused-ring (bicyclic) bond motifs is 1. The monoisotopic (exact) mass is 378 g/mol. The van der Waals surface area contributed by atoms with Crippen LogP contribution in [0.25, 0.3) is 10.8 Å². The third-order valence-electron chi connectivity index (χ3n) is 4.40. The Morgan fingerprint density at radius 2 is 1.68 bits per heavy atom. The number of hydrogen-bond donors (Lipinski definition) is 1. The van der Waals surface area contributed by atoms with Crippen LogP contribution in [0.15, 0.2) is 71.9 Å². The second-order valence-electron chi connectivity index (χ2n) is 7.00. The molecule has 3 rings (SSSR count). The first-order valence-corrected chi connectivity index (χ1v) is 9.15. The molecule has 0 amide bonds. The van der Waals surface area contributed by atoms with Gasteiger partial charge in [0.05, 0.1) is 6.61 Å². The van der Waals surface area contributed by atoms with Gasteiger partial charge in [0, 0.05) is 17.7 Å². The van der Waals surface area contributed by atoms with Gasteiger partial charge in [-0.2, -0.15) is 0 Å². The van der Waals surface area contributed by atoms with Crippen LogP contribution in [-0.4, -0.2) is 42.5 Å². The van der Waals surface area contributed by atoms with E-state index in [1.807, 2.05) is 63.5 Å². The highest BCUT2D eigenvalue weighted by Gasteiger charge is 2.13. The van der Waals surface area contributed by atoms with Crippen LogP contribution < -0.4 is 0 Å². The summed E-state index contributed by atoms with van der Waals surface area (Å²) in [6.45, 7) is 2.83. The molecule has 0 aromatic heterocycles. The van der Waals surface area contributed by atoms with Gasteiger partial charge in [-0.3, -0.25) is 0 Å². The van der Waals surface area contributed by atoms with E-state index in [4.69, 9.17) is 4.84 Å². The van der Waals surface area contributed by atoms with Gasteiger partial charge in [0.2, 0.25) is 0 Å². The summed E-state index contributed by atoms with van der Waals surface area (Å²) < 4.78 is 0. The minimum atomic E-state index is -0.0262. The van der Waals surface area contributed by atoms with E-state index in [1.165, 1.54) is 0 Å². The van der Waals surface area contributed by atoms with Crippen LogP contribution in [0.3, 0.4) is 0 Å². The topological polar surface area (TPSA) is 45.1 Å². The van der Waals surface area contributed by atoms with Crippen molar-refractivity contribution in [3.63, 3.8) is 0 Å². The second kappa shape index (κ2) is 10.0. The third kappa shape index (κ3) is 5.18. The number of hydrogen-bond acceptors (Lipinski definition) is 4. The van der Waals surface area contributed by atoms with Crippen molar-refractivity contribution in [2.45, 2.75) is 27.1 Å². The van der Waals surface area contributed by atoms with Crippen molar-refractivity contribution in [1.82, 2.24) is 4.90 Å². The number of oxime groups is 1. The Morgan fingerprint density at radius 1 is 1.00 bits per heavy atom. The molecular formula is C24H30N2O2. The van der Waals surface area contributed by atoms with E-state index >= 15 is 0 Å². The predicted molar refractivity (Wildman–Crippen MR) is 118 cm³/mol. The normalized spacial score (nSPS) is 12.7. The molecule has 3 aromatic carbocycles. The highest BCUT2D eigenvalue weighted by molar-refractivity contribution is 6.19. The predicted octanol–water partition coefficient (Wildman–Crippen LogP) is 4.69. The van der Waals surface area contributed by atoms with Crippen molar-refractivity contribution in [1.29, 1.82) is 0 Å². The molecule has 28 heavy (non-hydrogen) atoms. The molecule has 1 atom stereocenters. The summed E-state index contributed by atoms with van der Waals surface area (Å²) in [4.78, 5) is 7.90. The van der Waals surface area contributed by atoms with Crippen LogP contribution in [0.5, 0.6) is 0 Å². The van der Waals surface area contributed by atoms with Gasteiger partial charge in [-0.05, 0) is 37.4 Å². The first-order chi connectivity index (χ1) is 13.1. The van der Waals surface area contributed by atoms with Crippen molar-refractivity contribution in [3.05, 3.63) is 83.4 Å². The summed E-state index contributed by atoms with van der Waals surface area (Å²) in [5.41, 5.74) is 3.65. The van der Waals surface area contributed by atoms with Crippen LogP contribution >= 0.6 is 0 Å². The minimum Gasteiger partial charge on any atom is -0.392 e. The average Bonchev–Trinajstić information content (AvgIpc) is 2.68. The smallest absolute Gasteiger partial charge is 0.137 e. The van der Waals surface area contributed by atoms with Crippen LogP contribution in [0.2, 0.25) is 0 Å². The lowest BCUT2D eigenvalue weighted by molar-refractivity contribution is 0.0537. The Bertz CT molecular complexity index is 912. The first-order valence-electron chi connectivity index (χ1n) is 9.15. The molecule has 0 radical (unpaired) electrons. The lowest BCUT2D eigenvalue weighted by atomic mass is 9.96. The Labute approximate surface area is 168 Å². The molecule has 4 heteroatoms. The van der Waals surface area contributed by atoms with Crippen LogP contribution in [0, 0.1) is 0 Å². The van der Waals surface area contributed by atoms with Gasteiger partial charge in [0.25, 0.3) is 0 Å². The lowest BCUT2D eigenvalue weighted by Crippen LogP contribution is -2.25. The zero-order chi connectivity index (χ0) is 19.2. The van der Waals surface area contributed by atoms with E-state index in [1.54, 1.807) is 0 Å². The van der Waals surface area contributed by atoms with Crippen molar-refractivity contribution in [2.75, 3.05) is 20.6 Å². The molecule has 1 N–H and O–H groups in total. The van der Waals surface area contributed by atoms with Gasteiger partial charge < -0.3 is 14.8 Å². The number of aliphatic hydroxyl groups is 1. The Balaban J connectivity index is 0.00000280. The van der Waals surface area contributed by atoms with E-state index in [0.29, 0.717) is 0 Å². The summed E-state index contributed by atoms with van der Waals surface area (Å²) in [6.07, 6.45) is -0.0262. The fourth-order valence-corrected chi connectivity index (χ4v) is 3.15. The maximum atomic E-state index is 9.33. The Kier molecular flexibility index (Phi) is 7.73. The molecule has 4 nitrogen and oxygen atoms in total. The van der Waals surface area contributed by atoms with Gasteiger partial charge in [-0.1, -0.05) is 79.3 Å². The zero-order valence-corrected chi connectivity index (χ0v) is 16.1. The molecule has 0 fully saturated rings. The van der Waals surface area contributed by atoms with Crippen molar-refractivity contribution < 1.29 is 9.94 Å². The van der Waals surface area contributed by atoms with E-state index in [-0.39, 0.29) is 20.1 Å². The number of likely N-dealkylation sites (N-methyl/N-ethyl adjacent to an activating group) is 1.